The summed E-state index contributed by atoms with van der Waals surface area (Å²) in [5.74, 6) is -0.414. The monoisotopic (exact) mass is 448 g/mol. The second-order valence-corrected chi connectivity index (χ2v) is 7.83. The predicted octanol–water partition coefficient (Wildman–Crippen LogP) is 5.40. The molecular formula is C21H16Cl2F2N4O. The average Bonchev–Trinajstić information content (AvgIpc) is 3.17. The SMILES string of the molecule is C=C(C=O)N1CC[C@@](F)(c2ccc3ncnc(Nc4ccc(Cl)c(Cl)c4F)c3c2)C1. The summed E-state index contributed by atoms with van der Waals surface area (Å²) in [4.78, 5) is 21.0. The molecule has 1 N–H and O–H groups in total. The van der Waals surface area contributed by atoms with Gasteiger partial charge in [0.25, 0.3) is 0 Å². The van der Waals surface area contributed by atoms with Crippen molar-refractivity contribution < 1.29 is 13.6 Å². The van der Waals surface area contributed by atoms with E-state index in [-0.39, 0.29) is 34.4 Å². The Balaban J connectivity index is 1.72. The van der Waals surface area contributed by atoms with Gasteiger partial charge in [-0.05, 0) is 29.8 Å². The summed E-state index contributed by atoms with van der Waals surface area (Å²) < 4.78 is 30.1. The Morgan fingerprint density at radius 3 is 2.83 bits per heavy atom. The molecule has 5 nitrogen and oxygen atoms in total. The van der Waals surface area contributed by atoms with Crippen LogP contribution in [0.2, 0.25) is 10.0 Å². The van der Waals surface area contributed by atoms with Crippen molar-refractivity contribution in [1.29, 1.82) is 0 Å². The molecule has 1 atom stereocenters. The van der Waals surface area contributed by atoms with E-state index in [4.69, 9.17) is 23.2 Å². The molecule has 4 rings (SSSR count). The van der Waals surface area contributed by atoms with Gasteiger partial charge in [-0.2, -0.15) is 0 Å². The minimum atomic E-state index is -1.66. The molecule has 9 heteroatoms. The number of anilines is 2. The molecule has 1 saturated heterocycles. The van der Waals surface area contributed by atoms with E-state index in [0.717, 1.165) is 0 Å². The van der Waals surface area contributed by atoms with Crippen LogP contribution in [0.3, 0.4) is 0 Å². The van der Waals surface area contributed by atoms with Crippen LogP contribution in [0.4, 0.5) is 20.3 Å². The Morgan fingerprint density at radius 2 is 2.07 bits per heavy atom. The highest BCUT2D eigenvalue weighted by Crippen LogP contribution is 2.39. The third kappa shape index (κ3) is 3.59. The van der Waals surface area contributed by atoms with Crippen LogP contribution in [0, 0.1) is 5.82 Å². The zero-order valence-electron chi connectivity index (χ0n) is 15.6. The number of nitrogens with one attached hydrogen (secondary N) is 1. The Morgan fingerprint density at radius 1 is 1.27 bits per heavy atom. The Kier molecular flexibility index (Phi) is 5.34. The number of fused-ring (bicyclic) bond motifs is 1. The van der Waals surface area contributed by atoms with E-state index in [1.807, 2.05) is 0 Å². The highest BCUT2D eigenvalue weighted by Gasteiger charge is 2.40. The molecule has 0 spiro atoms. The van der Waals surface area contributed by atoms with Crippen LogP contribution < -0.4 is 5.32 Å². The van der Waals surface area contributed by atoms with Crippen molar-refractivity contribution in [2.24, 2.45) is 0 Å². The van der Waals surface area contributed by atoms with E-state index >= 15 is 4.39 Å². The maximum atomic E-state index is 15.7. The number of rotatable bonds is 5. The number of carbonyl (C=O) groups excluding carboxylic acids is 1. The number of halogens is 4. The number of likely N-dealkylation sites (tertiary alicyclic amines) is 1. The lowest BCUT2D eigenvalue weighted by Crippen LogP contribution is -2.27. The van der Waals surface area contributed by atoms with E-state index < -0.39 is 11.5 Å². The molecule has 0 bridgehead atoms. The molecule has 1 fully saturated rings. The van der Waals surface area contributed by atoms with Crippen molar-refractivity contribution >= 4 is 51.9 Å². The molecule has 1 aromatic heterocycles. The topological polar surface area (TPSA) is 58.1 Å². The average molecular weight is 449 g/mol. The standard InChI is InChI=1S/C21H16Cl2F2N4O/c1-12(9-30)29-7-6-21(25,10-29)13-2-4-16-14(8-13)20(27-11-26-16)28-17-5-3-15(22)18(23)19(17)24/h2-5,8-9,11H,1,6-7,10H2,(H,26,27,28)/t21-/m0/s1. The first-order valence-electron chi connectivity index (χ1n) is 9.06. The number of alkyl halides is 1. The van der Waals surface area contributed by atoms with Crippen LogP contribution in [0.25, 0.3) is 10.9 Å². The van der Waals surface area contributed by atoms with E-state index in [1.165, 1.54) is 18.5 Å². The van der Waals surface area contributed by atoms with Gasteiger partial charge in [-0.1, -0.05) is 35.8 Å². The third-order valence-electron chi connectivity index (χ3n) is 5.20. The molecule has 1 aliphatic rings. The fraction of sp³-hybridized carbons (Fsp3) is 0.190. The number of hydrogen-bond donors (Lipinski definition) is 1. The van der Waals surface area contributed by atoms with Crippen molar-refractivity contribution in [1.82, 2.24) is 14.9 Å². The summed E-state index contributed by atoms with van der Waals surface area (Å²) in [5, 5.41) is 3.30. The summed E-state index contributed by atoms with van der Waals surface area (Å²) >= 11 is 11.7. The Labute approximate surface area is 181 Å². The molecule has 0 saturated carbocycles. The summed E-state index contributed by atoms with van der Waals surface area (Å²) in [7, 11) is 0. The van der Waals surface area contributed by atoms with Gasteiger partial charge in [0.15, 0.2) is 17.8 Å². The quantitative estimate of drug-likeness (QED) is 0.321. The highest BCUT2D eigenvalue weighted by atomic mass is 35.5. The van der Waals surface area contributed by atoms with Crippen LogP contribution in [0.15, 0.2) is 48.9 Å². The van der Waals surface area contributed by atoms with Gasteiger partial charge in [-0.3, -0.25) is 4.79 Å². The first-order chi connectivity index (χ1) is 14.3. The summed E-state index contributed by atoms with van der Waals surface area (Å²) in [6, 6.07) is 7.89. The summed E-state index contributed by atoms with van der Waals surface area (Å²) in [5.41, 5.74) is -0.353. The first kappa shape index (κ1) is 20.5. The van der Waals surface area contributed by atoms with E-state index in [1.54, 1.807) is 23.1 Å². The number of allylic oxidation sites excluding steroid dienone is 1. The molecule has 1 aliphatic heterocycles. The van der Waals surface area contributed by atoms with E-state index in [0.29, 0.717) is 35.1 Å². The fourth-order valence-corrected chi connectivity index (χ4v) is 3.82. The maximum Gasteiger partial charge on any atom is 0.166 e. The van der Waals surface area contributed by atoms with Gasteiger partial charge in [-0.25, -0.2) is 18.7 Å². The molecule has 30 heavy (non-hydrogen) atoms. The van der Waals surface area contributed by atoms with Crippen molar-refractivity contribution in [3.63, 3.8) is 0 Å². The van der Waals surface area contributed by atoms with Crippen LogP contribution in [-0.2, 0) is 10.5 Å². The fourth-order valence-electron chi connectivity index (χ4n) is 3.51. The van der Waals surface area contributed by atoms with Crippen LogP contribution in [-0.4, -0.2) is 34.2 Å². The molecule has 0 radical (unpaired) electrons. The lowest BCUT2D eigenvalue weighted by Gasteiger charge is -2.22. The number of hydrogen-bond acceptors (Lipinski definition) is 5. The van der Waals surface area contributed by atoms with E-state index in [2.05, 4.69) is 21.9 Å². The lowest BCUT2D eigenvalue weighted by molar-refractivity contribution is -0.106. The molecule has 0 unspecified atom stereocenters. The third-order valence-corrected chi connectivity index (χ3v) is 5.98. The summed E-state index contributed by atoms with van der Waals surface area (Å²) in [6.45, 7) is 4.06. The second kappa shape index (κ2) is 7.81. The minimum absolute atomic E-state index is 0.0218. The zero-order chi connectivity index (χ0) is 21.5. The molecule has 154 valence electrons. The van der Waals surface area contributed by atoms with Crippen molar-refractivity contribution in [3.8, 4) is 0 Å². The number of benzene rings is 2. The Hall–Kier alpha value is -2.77. The van der Waals surface area contributed by atoms with Gasteiger partial charge in [0.05, 0.1) is 33.5 Å². The highest BCUT2D eigenvalue weighted by molar-refractivity contribution is 6.42. The molecule has 2 aromatic carbocycles. The maximum absolute atomic E-state index is 15.7. The Bertz CT molecular complexity index is 1170. The molecule has 0 aliphatic carbocycles. The molecular weight excluding hydrogens is 433 g/mol. The van der Waals surface area contributed by atoms with Crippen molar-refractivity contribution in [3.05, 3.63) is 70.4 Å². The largest absolute Gasteiger partial charge is 0.366 e. The molecule has 0 amide bonds. The van der Waals surface area contributed by atoms with Gasteiger partial charge in [0.1, 0.15) is 12.1 Å². The number of nitrogens with zero attached hydrogens (tertiary/aromatic N) is 3. The summed E-state index contributed by atoms with van der Waals surface area (Å²) in [6.07, 6.45) is 2.16. The van der Waals surface area contributed by atoms with Crippen molar-refractivity contribution in [2.75, 3.05) is 18.4 Å². The smallest absolute Gasteiger partial charge is 0.166 e. The second-order valence-electron chi connectivity index (χ2n) is 7.05. The molecule has 2 heterocycles. The normalized spacial score (nSPS) is 18.6. The number of carbonyl (C=O) groups is 1. The lowest BCUT2D eigenvalue weighted by atomic mass is 9.93. The number of aromatic nitrogens is 2. The molecule has 3 aromatic rings. The van der Waals surface area contributed by atoms with Gasteiger partial charge < -0.3 is 10.2 Å². The van der Waals surface area contributed by atoms with Gasteiger partial charge in [0, 0.05) is 18.4 Å². The van der Waals surface area contributed by atoms with E-state index in [9.17, 15) is 9.18 Å². The van der Waals surface area contributed by atoms with Gasteiger partial charge in [-0.15, -0.1) is 0 Å². The van der Waals surface area contributed by atoms with Crippen LogP contribution >= 0.6 is 23.2 Å². The van der Waals surface area contributed by atoms with Crippen molar-refractivity contribution in [2.45, 2.75) is 12.1 Å². The van der Waals surface area contributed by atoms with Gasteiger partial charge >= 0.3 is 0 Å². The predicted molar refractivity (Wildman–Crippen MR) is 113 cm³/mol. The number of aldehydes is 1. The first-order valence-corrected chi connectivity index (χ1v) is 9.82. The van der Waals surface area contributed by atoms with Crippen LogP contribution in [0.5, 0.6) is 0 Å². The van der Waals surface area contributed by atoms with Crippen LogP contribution in [0.1, 0.15) is 12.0 Å². The van der Waals surface area contributed by atoms with Gasteiger partial charge in [0.2, 0.25) is 0 Å². The minimum Gasteiger partial charge on any atom is -0.366 e. The zero-order valence-corrected chi connectivity index (χ0v) is 17.1.